The summed E-state index contributed by atoms with van der Waals surface area (Å²) in [6, 6.07) is 14.3. The van der Waals surface area contributed by atoms with E-state index in [0.717, 1.165) is 17.7 Å². The van der Waals surface area contributed by atoms with Crippen LogP contribution in [0.2, 0.25) is 0 Å². The zero-order valence-electron chi connectivity index (χ0n) is 15.8. The van der Waals surface area contributed by atoms with Gasteiger partial charge in [-0.15, -0.1) is 0 Å². The zero-order chi connectivity index (χ0) is 19.8. The van der Waals surface area contributed by atoms with Crippen LogP contribution in [0.4, 0.5) is 5.69 Å². The molecule has 0 bridgehead atoms. The van der Waals surface area contributed by atoms with Crippen LogP contribution in [0.15, 0.2) is 48.5 Å². The number of nitrogens with zero attached hydrogens (tertiary/aromatic N) is 1. The van der Waals surface area contributed by atoms with Crippen LogP contribution >= 0.6 is 0 Å². The second kappa shape index (κ2) is 9.52. The first-order valence-corrected chi connectivity index (χ1v) is 8.76. The number of hydrogen-bond donors (Lipinski definition) is 1. The molecule has 2 aromatic carbocycles. The van der Waals surface area contributed by atoms with E-state index in [-0.39, 0.29) is 30.7 Å². The zero-order valence-corrected chi connectivity index (χ0v) is 15.8. The average Bonchev–Trinajstić information content (AvgIpc) is 2.66. The minimum absolute atomic E-state index is 0.0887. The highest BCUT2D eigenvalue weighted by Gasteiger charge is 2.16. The number of amides is 2. The number of hydrogen-bond acceptors (Lipinski definition) is 4. The largest absolute Gasteiger partial charge is 0.483 e. The Morgan fingerprint density at radius 1 is 1.04 bits per heavy atom. The standard InChI is InChI=1S/C21H24N2O4/c1-4-16-9-5-7-11-18(16)22-20(25)13-23(3)21(26)14-27-19-12-8-6-10-17(19)15(2)24/h5-12H,4,13-14H2,1-3H3,(H,22,25). The summed E-state index contributed by atoms with van der Waals surface area (Å²) in [6.07, 6.45) is 0.800. The van der Waals surface area contributed by atoms with Crippen molar-refractivity contribution < 1.29 is 19.1 Å². The summed E-state index contributed by atoms with van der Waals surface area (Å²) >= 11 is 0. The lowest BCUT2D eigenvalue weighted by Crippen LogP contribution is -2.37. The first-order valence-electron chi connectivity index (χ1n) is 8.76. The van der Waals surface area contributed by atoms with Gasteiger partial charge in [0, 0.05) is 12.7 Å². The third-order valence-corrected chi connectivity index (χ3v) is 4.10. The number of Topliss-reactive ketones (excluding diaryl/α,β-unsaturated/α-hetero) is 1. The number of aryl methyl sites for hydroxylation is 1. The first kappa shape index (κ1) is 20.2. The number of carbonyl (C=O) groups is 3. The molecular formula is C21H24N2O4. The maximum absolute atomic E-state index is 12.2. The number of para-hydroxylation sites is 2. The molecular weight excluding hydrogens is 344 g/mol. The van der Waals surface area contributed by atoms with Gasteiger partial charge in [-0.25, -0.2) is 0 Å². The van der Waals surface area contributed by atoms with Gasteiger partial charge in [-0.1, -0.05) is 37.3 Å². The Balaban J connectivity index is 1.90. The Bertz CT molecular complexity index is 832. The lowest BCUT2D eigenvalue weighted by Gasteiger charge is -2.18. The molecule has 0 fully saturated rings. The number of anilines is 1. The van der Waals surface area contributed by atoms with Crippen molar-refractivity contribution in [2.45, 2.75) is 20.3 Å². The molecule has 27 heavy (non-hydrogen) atoms. The van der Waals surface area contributed by atoms with Gasteiger partial charge < -0.3 is 15.0 Å². The van der Waals surface area contributed by atoms with Crippen LogP contribution < -0.4 is 10.1 Å². The van der Waals surface area contributed by atoms with Crippen LogP contribution in [-0.4, -0.2) is 42.7 Å². The van der Waals surface area contributed by atoms with Crippen LogP contribution in [0.25, 0.3) is 0 Å². The van der Waals surface area contributed by atoms with E-state index >= 15 is 0 Å². The van der Waals surface area contributed by atoms with Crippen molar-refractivity contribution in [2.75, 3.05) is 25.5 Å². The molecule has 0 radical (unpaired) electrons. The number of ether oxygens (including phenoxy) is 1. The van der Waals surface area contributed by atoms with Gasteiger partial charge in [-0.05, 0) is 37.1 Å². The summed E-state index contributed by atoms with van der Waals surface area (Å²) in [4.78, 5) is 37.3. The van der Waals surface area contributed by atoms with Crippen molar-refractivity contribution >= 4 is 23.3 Å². The molecule has 2 aromatic rings. The van der Waals surface area contributed by atoms with Crippen molar-refractivity contribution in [3.05, 3.63) is 59.7 Å². The molecule has 0 aromatic heterocycles. The second-order valence-electron chi connectivity index (χ2n) is 6.15. The van der Waals surface area contributed by atoms with Crippen molar-refractivity contribution in [1.29, 1.82) is 0 Å². The lowest BCUT2D eigenvalue weighted by molar-refractivity contribution is -0.135. The molecule has 6 nitrogen and oxygen atoms in total. The van der Waals surface area contributed by atoms with Crippen LogP contribution in [0.3, 0.4) is 0 Å². The van der Waals surface area contributed by atoms with Crippen molar-refractivity contribution in [1.82, 2.24) is 4.90 Å². The Morgan fingerprint density at radius 2 is 1.70 bits per heavy atom. The van der Waals surface area contributed by atoms with Crippen LogP contribution in [0, 0.1) is 0 Å². The van der Waals surface area contributed by atoms with E-state index in [0.29, 0.717) is 11.3 Å². The molecule has 2 amide bonds. The topological polar surface area (TPSA) is 75.7 Å². The number of benzene rings is 2. The highest BCUT2D eigenvalue weighted by Crippen LogP contribution is 2.18. The molecule has 2 rings (SSSR count). The molecule has 1 N–H and O–H groups in total. The van der Waals surface area contributed by atoms with Crippen molar-refractivity contribution in [2.24, 2.45) is 0 Å². The van der Waals surface area contributed by atoms with Crippen LogP contribution in [0.1, 0.15) is 29.8 Å². The second-order valence-corrected chi connectivity index (χ2v) is 6.15. The van der Waals surface area contributed by atoms with Gasteiger partial charge in [0.25, 0.3) is 5.91 Å². The molecule has 142 valence electrons. The normalized spacial score (nSPS) is 10.2. The van der Waals surface area contributed by atoms with Gasteiger partial charge in [0.2, 0.25) is 5.91 Å². The van der Waals surface area contributed by atoms with E-state index in [9.17, 15) is 14.4 Å². The number of likely N-dealkylation sites (N-methyl/N-ethyl adjacent to an activating group) is 1. The monoisotopic (exact) mass is 368 g/mol. The third-order valence-electron chi connectivity index (χ3n) is 4.10. The maximum atomic E-state index is 12.2. The van der Waals surface area contributed by atoms with E-state index in [1.165, 1.54) is 18.9 Å². The van der Waals surface area contributed by atoms with E-state index in [4.69, 9.17) is 4.74 Å². The molecule has 0 heterocycles. The molecule has 0 unspecified atom stereocenters. The Morgan fingerprint density at radius 3 is 2.41 bits per heavy atom. The van der Waals surface area contributed by atoms with Gasteiger partial charge in [0.05, 0.1) is 12.1 Å². The molecule has 6 heteroatoms. The number of ketones is 1. The Labute approximate surface area is 159 Å². The summed E-state index contributed by atoms with van der Waals surface area (Å²) in [5, 5.41) is 2.83. The van der Waals surface area contributed by atoms with E-state index < -0.39 is 0 Å². The molecule has 0 aliphatic heterocycles. The summed E-state index contributed by atoms with van der Waals surface area (Å²) in [7, 11) is 1.54. The smallest absolute Gasteiger partial charge is 0.260 e. The fourth-order valence-corrected chi connectivity index (χ4v) is 2.58. The average molecular weight is 368 g/mol. The summed E-state index contributed by atoms with van der Waals surface area (Å²) in [5.74, 6) is -0.420. The molecule has 0 aliphatic rings. The Hall–Kier alpha value is -3.15. The quantitative estimate of drug-likeness (QED) is 0.727. The highest BCUT2D eigenvalue weighted by molar-refractivity contribution is 5.97. The summed E-state index contributed by atoms with van der Waals surface area (Å²) in [6.45, 7) is 3.11. The Kier molecular flexibility index (Phi) is 7.11. The van der Waals surface area contributed by atoms with E-state index in [1.54, 1.807) is 24.3 Å². The fourth-order valence-electron chi connectivity index (χ4n) is 2.58. The van der Waals surface area contributed by atoms with Crippen LogP contribution in [-0.2, 0) is 16.0 Å². The molecule has 0 saturated carbocycles. The van der Waals surface area contributed by atoms with Gasteiger partial charge in [0.1, 0.15) is 5.75 Å². The van der Waals surface area contributed by atoms with Crippen LogP contribution in [0.5, 0.6) is 5.75 Å². The predicted octanol–water partition coefficient (Wildman–Crippen LogP) is 2.93. The number of carbonyl (C=O) groups excluding carboxylic acids is 3. The third kappa shape index (κ3) is 5.67. The number of rotatable bonds is 8. The van der Waals surface area contributed by atoms with E-state index in [1.807, 2.05) is 31.2 Å². The van der Waals surface area contributed by atoms with Gasteiger partial charge in [-0.3, -0.25) is 14.4 Å². The minimum Gasteiger partial charge on any atom is -0.483 e. The first-order chi connectivity index (χ1) is 12.9. The van der Waals surface area contributed by atoms with Crippen molar-refractivity contribution in [3.8, 4) is 5.75 Å². The molecule has 0 saturated heterocycles. The number of nitrogens with one attached hydrogen (secondary N) is 1. The van der Waals surface area contributed by atoms with Gasteiger partial charge in [-0.2, -0.15) is 0 Å². The van der Waals surface area contributed by atoms with Crippen molar-refractivity contribution in [3.63, 3.8) is 0 Å². The van der Waals surface area contributed by atoms with Gasteiger partial charge in [0.15, 0.2) is 12.4 Å². The van der Waals surface area contributed by atoms with E-state index in [2.05, 4.69) is 5.32 Å². The minimum atomic E-state index is -0.354. The molecule has 0 spiro atoms. The SMILES string of the molecule is CCc1ccccc1NC(=O)CN(C)C(=O)COc1ccccc1C(C)=O. The predicted molar refractivity (Wildman–Crippen MR) is 104 cm³/mol. The maximum Gasteiger partial charge on any atom is 0.260 e. The molecule has 0 aliphatic carbocycles. The fraction of sp³-hybridized carbons (Fsp3) is 0.286. The summed E-state index contributed by atoms with van der Waals surface area (Å²) < 4.78 is 5.47. The lowest BCUT2D eigenvalue weighted by atomic mass is 10.1. The highest BCUT2D eigenvalue weighted by atomic mass is 16.5. The molecule has 0 atom stereocenters. The van der Waals surface area contributed by atoms with Gasteiger partial charge >= 0.3 is 0 Å². The summed E-state index contributed by atoms with van der Waals surface area (Å²) in [5.41, 5.74) is 2.20.